The fourth-order valence-electron chi connectivity index (χ4n) is 4.06. The largest absolute Gasteiger partial charge is 0.346 e. The van der Waals surface area contributed by atoms with Crippen molar-refractivity contribution < 1.29 is 13.2 Å². The molecule has 1 aliphatic rings. The van der Waals surface area contributed by atoms with E-state index >= 15 is 0 Å². The van der Waals surface area contributed by atoms with Crippen molar-refractivity contribution in [2.45, 2.75) is 51.0 Å². The summed E-state index contributed by atoms with van der Waals surface area (Å²) in [7, 11) is -3.70. The maximum atomic E-state index is 12.8. The van der Waals surface area contributed by atoms with Crippen LogP contribution in [0.4, 0.5) is 5.69 Å². The molecule has 3 aromatic carbocycles. The summed E-state index contributed by atoms with van der Waals surface area (Å²) in [6.45, 7) is 5.67. The highest BCUT2D eigenvalue weighted by molar-refractivity contribution is 7.92. The van der Waals surface area contributed by atoms with Crippen LogP contribution in [0.25, 0.3) is 0 Å². The third-order valence-corrected chi connectivity index (χ3v) is 7.42. The van der Waals surface area contributed by atoms with Gasteiger partial charge in [-0.05, 0) is 92.6 Å². The van der Waals surface area contributed by atoms with Crippen LogP contribution in [0.1, 0.15) is 57.6 Å². The summed E-state index contributed by atoms with van der Waals surface area (Å²) in [6, 6.07) is 18.0. The lowest BCUT2D eigenvalue weighted by molar-refractivity contribution is 0.0940. The lowest BCUT2D eigenvalue weighted by Gasteiger charge is -2.17. The Hall–Kier alpha value is -3.12. The highest BCUT2D eigenvalue weighted by atomic mass is 32.2. The smallest absolute Gasteiger partial charge is 0.261 e. The third kappa shape index (κ3) is 4.70. The first-order chi connectivity index (χ1) is 15.2. The predicted molar refractivity (Wildman–Crippen MR) is 128 cm³/mol. The number of carbonyl (C=O) groups excluding carboxylic acids is 1. The van der Waals surface area contributed by atoms with Gasteiger partial charge in [0, 0.05) is 5.56 Å². The van der Waals surface area contributed by atoms with E-state index < -0.39 is 10.0 Å². The Kier molecular flexibility index (Phi) is 6.07. The Morgan fingerprint density at radius 3 is 2.34 bits per heavy atom. The van der Waals surface area contributed by atoms with E-state index in [0.29, 0.717) is 16.8 Å². The zero-order chi connectivity index (χ0) is 22.9. The Morgan fingerprint density at radius 1 is 0.906 bits per heavy atom. The summed E-state index contributed by atoms with van der Waals surface area (Å²) in [5.74, 6) is -0.186. The van der Waals surface area contributed by atoms with Crippen molar-refractivity contribution in [3.8, 4) is 0 Å². The summed E-state index contributed by atoms with van der Waals surface area (Å²) >= 11 is 0. The monoisotopic (exact) mass is 448 g/mol. The van der Waals surface area contributed by atoms with E-state index in [1.54, 1.807) is 49.4 Å². The van der Waals surface area contributed by atoms with Gasteiger partial charge in [0.25, 0.3) is 15.9 Å². The van der Waals surface area contributed by atoms with E-state index in [9.17, 15) is 13.2 Å². The van der Waals surface area contributed by atoms with E-state index in [2.05, 4.69) is 28.2 Å². The van der Waals surface area contributed by atoms with Crippen LogP contribution in [-0.2, 0) is 22.9 Å². The second-order valence-electron chi connectivity index (χ2n) is 8.53. The molecule has 0 fully saturated rings. The maximum Gasteiger partial charge on any atom is 0.261 e. The molecule has 166 valence electrons. The van der Waals surface area contributed by atoms with Gasteiger partial charge >= 0.3 is 0 Å². The first-order valence-electron chi connectivity index (χ1n) is 10.9. The zero-order valence-corrected chi connectivity index (χ0v) is 19.4. The number of sulfonamides is 1. The zero-order valence-electron chi connectivity index (χ0n) is 18.6. The lowest BCUT2D eigenvalue weighted by Crippen LogP contribution is -2.27. The van der Waals surface area contributed by atoms with Crippen molar-refractivity contribution in [2.24, 2.45) is 0 Å². The molecule has 0 heterocycles. The number of nitrogens with one attached hydrogen (secondary N) is 2. The minimum atomic E-state index is -3.70. The Bertz CT molecular complexity index is 1260. The molecule has 0 unspecified atom stereocenters. The van der Waals surface area contributed by atoms with Crippen molar-refractivity contribution in [2.75, 3.05) is 4.72 Å². The van der Waals surface area contributed by atoms with Gasteiger partial charge in [0.1, 0.15) is 0 Å². The molecule has 0 saturated heterocycles. The van der Waals surface area contributed by atoms with E-state index in [0.717, 1.165) is 24.0 Å². The van der Waals surface area contributed by atoms with Gasteiger partial charge in [0.2, 0.25) is 0 Å². The quantitative estimate of drug-likeness (QED) is 0.552. The number of hydrogen-bond acceptors (Lipinski definition) is 3. The van der Waals surface area contributed by atoms with Crippen LogP contribution in [-0.4, -0.2) is 14.3 Å². The molecule has 0 saturated carbocycles. The van der Waals surface area contributed by atoms with Crippen LogP contribution in [0.2, 0.25) is 0 Å². The maximum absolute atomic E-state index is 12.8. The second-order valence-corrected chi connectivity index (χ2v) is 10.2. The summed E-state index contributed by atoms with van der Waals surface area (Å²) in [5, 5.41) is 3.05. The molecule has 0 spiro atoms. The van der Waals surface area contributed by atoms with E-state index in [1.807, 2.05) is 13.8 Å². The first kappa shape index (κ1) is 22.1. The number of hydrogen-bond donors (Lipinski definition) is 2. The van der Waals surface area contributed by atoms with Crippen molar-refractivity contribution in [1.29, 1.82) is 0 Å². The van der Waals surface area contributed by atoms with Gasteiger partial charge in [-0.3, -0.25) is 9.52 Å². The number of aryl methyl sites for hydroxylation is 4. The van der Waals surface area contributed by atoms with Crippen LogP contribution in [0.5, 0.6) is 0 Å². The van der Waals surface area contributed by atoms with Crippen LogP contribution in [0.15, 0.2) is 65.6 Å². The summed E-state index contributed by atoms with van der Waals surface area (Å²) in [5.41, 5.74) is 6.50. The molecule has 32 heavy (non-hydrogen) atoms. The van der Waals surface area contributed by atoms with Crippen LogP contribution < -0.4 is 10.0 Å². The molecule has 0 radical (unpaired) electrons. The first-order valence-corrected chi connectivity index (χ1v) is 12.3. The predicted octanol–water partition coefficient (Wildman–Crippen LogP) is 5.08. The summed E-state index contributed by atoms with van der Waals surface area (Å²) in [6.07, 6.45) is 3.43. The van der Waals surface area contributed by atoms with Gasteiger partial charge in [-0.25, -0.2) is 8.42 Å². The van der Waals surface area contributed by atoms with Gasteiger partial charge < -0.3 is 5.32 Å². The number of anilines is 1. The topological polar surface area (TPSA) is 75.3 Å². The van der Waals surface area contributed by atoms with Gasteiger partial charge in [-0.15, -0.1) is 0 Å². The average Bonchev–Trinajstić information content (AvgIpc) is 3.23. The van der Waals surface area contributed by atoms with E-state index in [-0.39, 0.29) is 16.8 Å². The Balaban J connectivity index is 1.46. The highest BCUT2D eigenvalue weighted by Gasteiger charge is 2.18. The lowest BCUT2D eigenvalue weighted by atomic mass is 10.0. The van der Waals surface area contributed by atoms with Gasteiger partial charge in [0.05, 0.1) is 16.6 Å². The number of benzene rings is 3. The fourth-order valence-corrected chi connectivity index (χ4v) is 5.20. The number of carbonyl (C=O) groups is 1. The average molecular weight is 449 g/mol. The molecule has 0 bridgehead atoms. The summed E-state index contributed by atoms with van der Waals surface area (Å²) < 4.78 is 28.0. The minimum Gasteiger partial charge on any atom is -0.346 e. The van der Waals surface area contributed by atoms with Gasteiger partial charge in [-0.2, -0.15) is 0 Å². The standard InChI is InChI=1S/C26H28N2O3S/c1-17-7-12-24(13-8-17)32(30,31)28-25-14-11-23(15-18(25)2)26(29)27-19(3)21-10-9-20-5-4-6-22(20)16-21/h7-16,19,28H,4-6H2,1-3H3,(H,27,29)/t19-/m1/s1. The summed E-state index contributed by atoms with van der Waals surface area (Å²) in [4.78, 5) is 13.0. The van der Waals surface area contributed by atoms with Crippen molar-refractivity contribution in [1.82, 2.24) is 5.32 Å². The highest BCUT2D eigenvalue weighted by Crippen LogP contribution is 2.26. The molecule has 1 aliphatic carbocycles. The molecule has 1 atom stereocenters. The molecule has 4 rings (SSSR count). The van der Waals surface area contributed by atoms with Crippen molar-refractivity contribution >= 4 is 21.6 Å². The Labute approximate surface area is 189 Å². The molecule has 1 amide bonds. The third-order valence-electron chi connectivity index (χ3n) is 6.03. The fraction of sp³-hybridized carbons (Fsp3) is 0.269. The van der Waals surface area contributed by atoms with E-state index in [1.165, 1.54) is 17.5 Å². The number of rotatable bonds is 6. The molecule has 3 aromatic rings. The SMILES string of the molecule is Cc1ccc(S(=O)(=O)Nc2ccc(C(=O)N[C@H](C)c3ccc4c(c3)CCC4)cc2C)cc1. The Morgan fingerprint density at radius 2 is 1.62 bits per heavy atom. The molecular weight excluding hydrogens is 420 g/mol. The molecular formula is C26H28N2O3S. The minimum absolute atomic E-state index is 0.117. The molecule has 2 N–H and O–H groups in total. The normalized spacial score (nSPS) is 14.0. The number of amides is 1. The van der Waals surface area contributed by atoms with Crippen LogP contribution in [0, 0.1) is 13.8 Å². The molecule has 0 aromatic heterocycles. The molecule has 6 heteroatoms. The van der Waals surface area contributed by atoms with Crippen LogP contribution >= 0.6 is 0 Å². The van der Waals surface area contributed by atoms with Crippen molar-refractivity contribution in [3.63, 3.8) is 0 Å². The second kappa shape index (κ2) is 8.79. The van der Waals surface area contributed by atoms with E-state index in [4.69, 9.17) is 0 Å². The molecule has 0 aliphatic heterocycles. The van der Waals surface area contributed by atoms with Gasteiger partial charge in [-0.1, -0.05) is 35.9 Å². The van der Waals surface area contributed by atoms with Crippen LogP contribution in [0.3, 0.4) is 0 Å². The van der Waals surface area contributed by atoms with Crippen molar-refractivity contribution in [3.05, 3.63) is 94.0 Å². The molecule has 5 nitrogen and oxygen atoms in total. The van der Waals surface area contributed by atoms with Gasteiger partial charge in [0.15, 0.2) is 0 Å². The number of fused-ring (bicyclic) bond motifs is 1.